The van der Waals surface area contributed by atoms with Gasteiger partial charge in [0, 0.05) is 11.8 Å². The van der Waals surface area contributed by atoms with Gasteiger partial charge in [-0.1, -0.05) is 18.2 Å². The summed E-state index contributed by atoms with van der Waals surface area (Å²) in [6.07, 6.45) is 4.03. The zero-order valence-electron chi connectivity index (χ0n) is 9.17. The SMILES string of the molecule is OC1C=CC=C1C=Nc1c(F)c(F)c(F)c(F)c1F. The minimum atomic E-state index is -2.24. The van der Waals surface area contributed by atoms with Gasteiger partial charge in [0.1, 0.15) is 5.69 Å². The first-order valence-electron chi connectivity index (χ1n) is 5.05. The van der Waals surface area contributed by atoms with Crippen molar-refractivity contribution in [2.75, 3.05) is 0 Å². The fourth-order valence-corrected chi connectivity index (χ4v) is 1.45. The zero-order valence-corrected chi connectivity index (χ0v) is 9.17. The van der Waals surface area contributed by atoms with Gasteiger partial charge in [-0.3, -0.25) is 4.99 Å². The third-order valence-electron chi connectivity index (χ3n) is 2.45. The number of hydrogen-bond acceptors (Lipinski definition) is 2. The second kappa shape index (κ2) is 4.93. The lowest BCUT2D eigenvalue weighted by Crippen LogP contribution is -2.05. The molecule has 2 rings (SSSR count). The minimum Gasteiger partial charge on any atom is -0.384 e. The number of hydrogen-bond donors (Lipinski definition) is 1. The molecule has 19 heavy (non-hydrogen) atoms. The van der Waals surface area contributed by atoms with E-state index in [9.17, 15) is 27.1 Å². The fraction of sp³-hybridized carbons (Fsp3) is 0.0833. The predicted octanol–water partition coefficient (Wildman–Crippen LogP) is 2.94. The first-order valence-corrected chi connectivity index (χ1v) is 5.05. The number of halogens is 5. The number of allylic oxidation sites excluding steroid dienone is 2. The molecule has 1 aromatic rings. The molecule has 1 aliphatic rings. The standard InChI is InChI=1S/C12H6F5NO/c13-7-8(14)10(16)12(11(17)9(7)15)18-4-5-2-1-3-6(5)19/h1-4,6,19H. The smallest absolute Gasteiger partial charge is 0.200 e. The molecule has 2 nitrogen and oxygen atoms in total. The summed E-state index contributed by atoms with van der Waals surface area (Å²) in [4.78, 5) is 3.21. The van der Waals surface area contributed by atoms with E-state index in [1.165, 1.54) is 18.2 Å². The zero-order chi connectivity index (χ0) is 14.2. The van der Waals surface area contributed by atoms with Gasteiger partial charge in [-0.15, -0.1) is 0 Å². The number of aliphatic hydroxyl groups is 1. The molecule has 0 aliphatic heterocycles. The van der Waals surface area contributed by atoms with Crippen molar-refractivity contribution in [3.05, 3.63) is 52.9 Å². The van der Waals surface area contributed by atoms with E-state index in [1.54, 1.807) is 0 Å². The Morgan fingerprint density at radius 3 is 1.95 bits per heavy atom. The van der Waals surface area contributed by atoms with Crippen molar-refractivity contribution >= 4 is 11.9 Å². The van der Waals surface area contributed by atoms with Gasteiger partial charge in [-0.2, -0.15) is 0 Å². The van der Waals surface area contributed by atoms with Crippen molar-refractivity contribution in [2.24, 2.45) is 4.99 Å². The molecule has 1 unspecified atom stereocenters. The quantitative estimate of drug-likeness (QED) is 0.383. The van der Waals surface area contributed by atoms with Crippen LogP contribution in [0.5, 0.6) is 0 Å². The Hall–Kier alpha value is -2.02. The third-order valence-corrected chi connectivity index (χ3v) is 2.45. The average Bonchev–Trinajstić information content (AvgIpc) is 2.80. The minimum absolute atomic E-state index is 0.170. The second-order valence-electron chi connectivity index (χ2n) is 3.67. The molecule has 1 aliphatic carbocycles. The normalized spacial score (nSPS) is 18.4. The van der Waals surface area contributed by atoms with Gasteiger partial charge >= 0.3 is 0 Å². The summed E-state index contributed by atoms with van der Waals surface area (Å²) in [5.74, 6) is -10.4. The van der Waals surface area contributed by atoms with Crippen LogP contribution in [0.4, 0.5) is 27.6 Å². The number of aliphatic hydroxyl groups excluding tert-OH is 1. The molecule has 0 aromatic heterocycles. The fourth-order valence-electron chi connectivity index (χ4n) is 1.45. The predicted molar refractivity (Wildman–Crippen MR) is 57.6 cm³/mol. The molecule has 0 heterocycles. The van der Waals surface area contributed by atoms with Crippen LogP contribution < -0.4 is 0 Å². The van der Waals surface area contributed by atoms with Crippen LogP contribution in [0.25, 0.3) is 0 Å². The van der Waals surface area contributed by atoms with Crippen LogP contribution in [0.15, 0.2) is 28.8 Å². The lowest BCUT2D eigenvalue weighted by Gasteiger charge is -2.04. The van der Waals surface area contributed by atoms with Crippen LogP contribution in [0.2, 0.25) is 0 Å². The lowest BCUT2D eigenvalue weighted by atomic mass is 10.2. The molecule has 1 atom stereocenters. The van der Waals surface area contributed by atoms with Crippen molar-refractivity contribution in [2.45, 2.75) is 6.10 Å². The molecular weight excluding hydrogens is 269 g/mol. The van der Waals surface area contributed by atoms with E-state index in [2.05, 4.69) is 4.99 Å². The van der Waals surface area contributed by atoms with Crippen molar-refractivity contribution in [3.63, 3.8) is 0 Å². The van der Waals surface area contributed by atoms with Crippen LogP contribution in [0.3, 0.4) is 0 Å². The largest absolute Gasteiger partial charge is 0.384 e. The number of benzene rings is 1. The second-order valence-corrected chi connectivity index (χ2v) is 3.67. The maximum Gasteiger partial charge on any atom is 0.200 e. The summed E-state index contributed by atoms with van der Waals surface area (Å²) in [6, 6.07) is 0. The molecular formula is C12H6F5NO. The van der Waals surface area contributed by atoms with Crippen molar-refractivity contribution < 1.29 is 27.1 Å². The Bertz CT molecular complexity index is 592. The van der Waals surface area contributed by atoms with Crippen LogP contribution in [-0.4, -0.2) is 17.4 Å². The highest BCUT2D eigenvalue weighted by atomic mass is 19.2. The highest BCUT2D eigenvalue weighted by Crippen LogP contribution is 2.29. The van der Waals surface area contributed by atoms with Gasteiger partial charge in [0.2, 0.25) is 5.82 Å². The first-order chi connectivity index (χ1) is 8.93. The van der Waals surface area contributed by atoms with Gasteiger partial charge in [0.15, 0.2) is 23.3 Å². The molecule has 0 saturated heterocycles. The maximum atomic E-state index is 13.2. The van der Waals surface area contributed by atoms with Gasteiger partial charge in [-0.25, -0.2) is 22.0 Å². The molecule has 1 N–H and O–H groups in total. The molecule has 0 saturated carbocycles. The van der Waals surface area contributed by atoms with Crippen molar-refractivity contribution in [1.82, 2.24) is 0 Å². The lowest BCUT2D eigenvalue weighted by molar-refractivity contribution is 0.268. The first kappa shape index (κ1) is 13.4. The molecule has 0 spiro atoms. The molecule has 7 heteroatoms. The van der Waals surface area contributed by atoms with E-state index >= 15 is 0 Å². The van der Waals surface area contributed by atoms with Gasteiger partial charge < -0.3 is 5.11 Å². The Labute approximate surface area is 104 Å². The summed E-state index contributed by atoms with van der Waals surface area (Å²) in [5, 5.41) is 9.32. The summed E-state index contributed by atoms with van der Waals surface area (Å²) >= 11 is 0. The summed E-state index contributed by atoms with van der Waals surface area (Å²) in [5.41, 5.74) is -1.12. The van der Waals surface area contributed by atoms with Gasteiger partial charge in [0.05, 0.1) is 6.10 Å². The Balaban J connectivity index is 2.44. The van der Waals surface area contributed by atoms with Crippen molar-refractivity contribution in [3.8, 4) is 0 Å². The molecule has 100 valence electrons. The molecule has 0 amide bonds. The monoisotopic (exact) mass is 275 g/mol. The Morgan fingerprint density at radius 2 is 1.47 bits per heavy atom. The number of aliphatic imine (C=N–C) groups is 1. The molecule has 0 radical (unpaired) electrons. The highest BCUT2D eigenvalue weighted by Gasteiger charge is 2.25. The number of nitrogens with zero attached hydrogens (tertiary/aromatic N) is 1. The van der Waals surface area contributed by atoms with E-state index in [4.69, 9.17) is 0 Å². The van der Waals surface area contributed by atoms with Crippen LogP contribution in [0.1, 0.15) is 0 Å². The Morgan fingerprint density at radius 1 is 0.947 bits per heavy atom. The molecule has 1 aromatic carbocycles. The summed E-state index contributed by atoms with van der Waals surface area (Å²) in [6.45, 7) is 0. The Kier molecular flexibility index (Phi) is 3.48. The van der Waals surface area contributed by atoms with E-state index < -0.39 is 40.9 Å². The highest BCUT2D eigenvalue weighted by molar-refractivity contribution is 5.84. The van der Waals surface area contributed by atoms with Gasteiger partial charge in [0.25, 0.3) is 0 Å². The van der Waals surface area contributed by atoms with Crippen LogP contribution in [-0.2, 0) is 0 Å². The summed E-state index contributed by atoms with van der Waals surface area (Å²) < 4.78 is 65.0. The molecule has 0 bridgehead atoms. The topological polar surface area (TPSA) is 32.6 Å². The van der Waals surface area contributed by atoms with Gasteiger partial charge in [-0.05, 0) is 0 Å². The van der Waals surface area contributed by atoms with Crippen molar-refractivity contribution in [1.29, 1.82) is 0 Å². The summed E-state index contributed by atoms with van der Waals surface area (Å²) in [7, 11) is 0. The van der Waals surface area contributed by atoms with E-state index in [1.807, 2.05) is 0 Å². The van der Waals surface area contributed by atoms with E-state index in [-0.39, 0.29) is 5.57 Å². The average molecular weight is 275 g/mol. The number of rotatable bonds is 2. The third kappa shape index (κ3) is 2.28. The van der Waals surface area contributed by atoms with Crippen LogP contribution >= 0.6 is 0 Å². The van der Waals surface area contributed by atoms with Crippen LogP contribution in [0, 0.1) is 29.1 Å². The maximum absolute atomic E-state index is 13.2. The van der Waals surface area contributed by atoms with E-state index in [0.717, 1.165) is 6.21 Å². The van der Waals surface area contributed by atoms with E-state index in [0.29, 0.717) is 0 Å². The molecule has 0 fully saturated rings.